The zero-order chi connectivity index (χ0) is 20.1. The van der Waals surface area contributed by atoms with E-state index in [1.165, 1.54) is 0 Å². The summed E-state index contributed by atoms with van der Waals surface area (Å²) in [4.78, 5) is 16.2. The molecule has 0 radical (unpaired) electrons. The van der Waals surface area contributed by atoms with Gasteiger partial charge in [0.2, 0.25) is 0 Å². The Kier molecular flexibility index (Phi) is 5.97. The molecule has 0 saturated carbocycles. The third-order valence-electron chi connectivity index (χ3n) is 5.01. The van der Waals surface area contributed by atoms with Crippen molar-refractivity contribution in [3.63, 3.8) is 0 Å². The number of pyridine rings is 1. The zero-order valence-electron chi connectivity index (χ0n) is 16.7. The molecule has 1 aliphatic rings. The minimum Gasteiger partial charge on any atom is -0.497 e. The van der Waals surface area contributed by atoms with Gasteiger partial charge in [0.05, 0.1) is 43.9 Å². The van der Waals surface area contributed by atoms with E-state index < -0.39 is 0 Å². The van der Waals surface area contributed by atoms with Crippen LogP contribution in [0.25, 0.3) is 11.3 Å². The molecule has 7 nitrogen and oxygen atoms in total. The molecule has 1 aliphatic heterocycles. The van der Waals surface area contributed by atoms with Crippen LogP contribution in [0.4, 0.5) is 11.5 Å². The van der Waals surface area contributed by atoms with Crippen LogP contribution in [0.1, 0.15) is 18.8 Å². The van der Waals surface area contributed by atoms with Gasteiger partial charge in [0.1, 0.15) is 17.4 Å². The zero-order valence-corrected chi connectivity index (χ0v) is 16.7. The van der Waals surface area contributed by atoms with E-state index in [-0.39, 0.29) is 6.04 Å². The number of hydrogen-bond donors (Lipinski definition) is 1. The molecular weight excluding hydrogens is 366 g/mol. The summed E-state index contributed by atoms with van der Waals surface area (Å²) in [6.45, 7) is 5.36. The van der Waals surface area contributed by atoms with Crippen LogP contribution in [-0.2, 0) is 4.74 Å². The van der Waals surface area contributed by atoms with Gasteiger partial charge in [-0.25, -0.2) is 9.97 Å². The van der Waals surface area contributed by atoms with Crippen LogP contribution in [0.15, 0.2) is 54.9 Å². The third kappa shape index (κ3) is 4.70. The Labute approximate surface area is 170 Å². The van der Waals surface area contributed by atoms with Gasteiger partial charge >= 0.3 is 0 Å². The van der Waals surface area contributed by atoms with Gasteiger partial charge in [-0.3, -0.25) is 9.88 Å². The molecule has 0 spiro atoms. The summed E-state index contributed by atoms with van der Waals surface area (Å²) in [6, 6.07) is 13.8. The van der Waals surface area contributed by atoms with Gasteiger partial charge < -0.3 is 14.8 Å². The molecule has 1 aromatic carbocycles. The Morgan fingerprint density at radius 3 is 2.72 bits per heavy atom. The number of hydrogen-bond acceptors (Lipinski definition) is 7. The number of aromatic nitrogens is 3. The Morgan fingerprint density at radius 1 is 1.10 bits per heavy atom. The van der Waals surface area contributed by atoms with Crippen LogP contribution < -0.4 is 10.1 Å². The van der Waals surface area contributed by atoms with Crippen LogP contribution in [-0.4, -0.2) is 53.3 Å². The SMILES string of the molecule is COc1cccc(-c2cc(Nc3cccnc3)nc(C(C)N3CCOCC3)n2)c1. The lowest BCUT2D eigenvalue weighted by atomic mass is 10.1. The standard InChI is InChI=1S/C22H25N5O2/c1-16(27-9-11-29-12-10-27)22-25-20(17-5-3-7-19(13-17)28-2)14-21(26-22)24-18-6-4-8-23-15-18/h3-8,13-16H,9-12H2,1-2H3,(H,24,25,26). The van der Waals surface area contributed by atoms with E-state index in [1.54, 1.807) is 19.5 Å². The topological polar surface area (TPSA) is 72.4 Å². The number of benzene rings is 1. The number of anilines is 2. The van der Waals surface area contributed by atoms with E-state index in [1.807, 2.05) is 42.5 Å². The average Bonchev–Trinajstić information content (AvgIpc) is 2.79. The van der Waals surface area contributed by atoms with Crippen LogP contribution in [0.3, 0.4) is 0 Å². The highest BCUT2D eigenvalue weighted by Crippen LogP contribution is 2.28. The van der Waals surface area contributed by atoms with Crippen LogP contribution in [0.5, 0.6) is 5.75 Å². The largest absolute Gasteiger partial charge is 0.497 e. The minimum absolute atomic E-state index is 0.0823. The van der Waals surface area contributed by atoms with Crippen LogP contribution >= 0.6 is 0 Å². The highest BCUT2D eigenvalue weighted by molar-refractivity contribution is 5.66. The van der Waals surface area contributed by atoms with E-state index >= 15 is 0 Å². The maximum atomic E-state index is 5.49. The molecule has 3 heterocycles. The number of methoxy groups -OCH3 is 1. The summed E-state index contributed by atoms with van der Waals surface area (Å²) < 4.78 is 10.9. The fourth-order valence-corrected chi connectivity index (χ4v) is 3.36. The first kappa shape index (κ1) is 19.3. The second-order valence-corrected chi connectivity index (χ2v) is 6.92. The Balaban J connectivity index is 1.72. The summed E-state index contributed by atoms with van der Waals surface area (Å²) in [5.74, 6) is 2.31. The van der Waals surface area contributed by atoms with Crippen LogP contribution in [0, 0.1) is 0 Å². The highest BCUT2D eigenvalue weighted by atomic mass is 16.5. The average molecular weight is 391 g/mol. The van der Waals surface area contributed by atoms with Crippen molar-refractivity contribution < 1.29 is 9.47 Å². The van der Waals surface area contributed by atoms with Gasteiger partial charge in [-0.1, -0.05) is 12.1 Å². The fraction of sp³-hybridized carbons (Fsp3) is 0.318. The van der Waals surface area contributed by atoms with E-state index in [0.29, 0.717) is 0 Å². The van der Waals surface area contributed by atoms with Crippen molar-refractivity contribution in [3.05, 3.63) is 60.7 Å². The number of nitrogens with zero attached hydrogens (tertiary/aromatic N) is 4. The van der Waals surface area contributed by atoms with E-state index in [0.717, 1.165) is 60.6 Å². The van der Waals surface area contributed by atoms with Gasteiger partial charge in [0.25, 0.3) is 0 Å². The fourth-order valence-electron chi connectivity index (χ4n) is 3.36. The van der Waals surface area contributed by atoms with Gasteiger partial charge in [-0.15, -0.1) is 0 Å². The van der Waals surface area contributed by atoms with Gasteiger partial charge in [0.15, 0.2) is 0 Å². The summed E-state index contributed by atoms with van der Waals surface area (Å²) in [6.07, 6.45) is 3.52. The van der Waals surface area contributed by atoms with E-state index in [2.05, 4.69) is 22.1 Å². The number of ether oxygens (including phenoxy) is 2. The molecule has 7 heteroatoms. The summed E-state index contributed by atoms with van der Waals surface area (Å²) in [7, 11) is 1.67. The molecular formula is C22H25N5O2. The first-order valence-corrected chi connectivity index (χ1v) is 9.75. The highest BCUT2D eigenvalue weighted by Gasteiger charge is 2.22. The molecule has 150 valence electrons. The van der Waals surface area contributed by atoms with Crippen molar-refractivity contribution in [3.8, 4) is 17.0 Å². The molecule has 2 aromatic heterocycles. The van der Waals surface area contributed by atoms with Crippen molar-refractivity contribution >= 4 is 11.5 Å². The molecule has 1 atom stereocenters. The van der Waals surface area contributed by atoms with Crippen molar-refractivity contribution in [1.82, 2.24) is 19.9 Å². The molecule has 1 fully saturated rings. The molecule has 29 heavy (non-hydrogen) atoms. The van der Waals surface area contributed by atoms with Crippen molar-refractivity contribution in [2.24, 2.45) is 0 Å². The lowest BCUT2D eigenvalue weighted by molar-refractivity contribution is 0.0182. The van der Waals surface area contributed by atoms with Crippen molar-refractivity contribution in [2.45, 2.75) is 13.0 Å². The molecule has 0 bridgehead atoms. The maximum Gasteiger partial charge on any atom is 0.148 e. The second kappa shape index (κ2) is 8.98. The predicted octanol–water partition coefficient (Wildman–Crippen LogP) is 3.68. The first-order valence-electron chi connectivity index (χ1n) is 9.75. The second-order valence-electron chi connectivity index (χ2n) is 6.92. The predicted molar refractivity (Wildman–Crippen MR) is 112 cm³/mol. The smallest absolute Gasteiger partial charge is 0.148 e. The number of nitrogens with one attached hydrogen (secondary N) is 1. The van der Waals surface area contributed by atoms with Crippen molar-refractivity contribution in [2.75, 3.05) is 38.7 Å². The molecule has 1 unspecified atom stereocenters. The Morgan fingerprint density at radius 2 is 1.97 bits per heavy atom. The maximum absolute atomic E-state index is 5.49. The van der Waals surface area contributed by atoms with Gasteiger partial charge in [0, 0.05) is 30.9 Å². The monoisotopic (exact) mass is 391 g/mol. The quantitative estimate of drug-likeness (QED) is 0.687. The number of rotatable bonds is 6. The molecule has 1 N–H and O–H groups in total. The summed E-state index contributed by atoms with van der Waals surface area (Å²) in [5, 5.41) is 3.35. The number of morpholine rings is 1. The molecule has 0 amide bonds. The van der Waals surface area contributed by atoms with E-state index in [4.69, 9.17) is 19.4 Å². The minimum atomic E-state index is 0.0823. The van der Waals surface area contributed by atoms with E-state index in [9.17, 15) is 0 Å². The van der Waals surface area contributed by atoms with Gasteiger partial charge in [-0.05, 0) is 31.2 Å². The molecule has 3 aromatic rings. The van der Waals surface area contributed by atoms with Gasteiger partial charge in [-0.2, -0.15) is 0 Å². The lowest BCUT2D eigenvalue weighted by Crippen LogP contribution is -2.38. The Bertz CT molecular complexity index is 945. The van der Waals surface area contributed by atoms with Crippen molar-refractivity contribution in [1.29, 1.82) is 0 Å². The first-order chi connectivity index (χ1) is 14.2. The Hall–Kier alpha value is -3.03. The normalized spacial score (nSPS) is 15.7. The molecule has 4 rings (SSSR count). The summed E-state index contributed by atoms with van der Waals surface area (Å²) in [5.41, 5.74) is 2.71. The van der Waals surface area contributed by atoms with Crippen LogP contribution in [0.2, 0.25) is 0 Å². The lowest BCUT2D eigenvalue weighted by Gasteiger charge is -2.31. The molecule has 1 saturated heterocycles. The molecule has 0 aliphatic carbocycles. The third-order valence-corrected chi connectivity index (χ3v) is 5.01. The summed E-state index contributed by atoms with van der Waals surface area (Å²) >= 11 is 0.